The molecule has 1 saturated heterocycles. The first-order valence-electron chi connectivity index (χ1n) is 7.95. The second kappa shape index (κ2) is 9.76. The molecule has 1 aliphatic rings. The number of nitrogens with zero attached hydrogens (tertiary/aromatic N) is 2. The Hall–Kier alpha value is -0.120. The zero-order valence-electron chi connectivity index (χ0n) is 12.7. The maximum absolute atomic E-state index is 3.58. The third-order valence-electron chi connectivity index (χ3n) is 4.07. The molecule has 0 aromatic carbocycles. The van der Waals surface area contributed by atoms with E-state index in [2.05, 4.69) is 35.9 Å². The average molecular weight is 255 g/mol. The highest BCUT2D eigenvalue weighted by atomic mass is 15.3. The maximum atomic E-state index is 3.58. The highest BCUT2D eigenvalue weighted by molar-refractivity contribution is 4.78. The minimum atomic E-state index is 0.730. The highest BCUT2D eigenvalue weighted by Gasteiger charge is 2.21. The van der Waals surface area contributed by atoms with E-state index in [0.29, 0.717) is 0 Å². The Morgan fingerprint density at radius 2 is 1.89 bits per heavy atom. The lowest BCUT2D eigenvalue weighted by atomic mass is 10.2. The van der Waals surface area contributed by atoms with E-state index in [0.717, 1.165) is 12.6 Å². The monoisotopic (exact) mass is 255 g/mol. The summed E-state index contributed by atoms with van der Waals surface area (Å²) < 4.78 is 0. The van der Waals surface area contributed by atoms with E-state index in [1.54, 1.807) is 0 Å². The predicted octanol–water partition coefficient (Wildman–Crippen LogP) is 2.18. The maximum Gasteiger partial charge on any atom is 0.0195 e. The topological polar surface area (TPSA) is 18.5 Å². The molecule has 108 valence electrons. The Kier molecular flexibility index (Phi) is 8.64. The van der Waals surface area contributed by atoms with Gasteiger partial charge in [0.1, 0.15) is 0 Å². The van der Waals surface area contributed by atoms with E-state index in [4.69, 9.17) is 0 Å². The zero-order valence-corrected chi connectivity index (χ0v) is 12.7. The van der Waals surface area contributed by atoms with Crippen molar-refractivity contribution < 1.29 is 0 Å². The van der Waals surface area contributed by atoms with Gasteiger partial charge in [0.25, 0.3) is 0 Å². The van der Waals surface area contributed by atoms with Crippen LogP contribution in [0.5, 0.6) is 0 Å². The van der Waals surface area contributed by atoms with Gasteiger partial charge in [-0.05, 0) is 26.4 Å². The minimum Gasteiger partial charge on any atom is -0.315 e. The first-order chi connectivity index (χ1) is 8.77. The quantitative estimate of drug-likeness (QED) is 0.637. The van der Waals surface area contributed by atoms with Crippen LogP contribution in [0.15, 0.2) is 0 Å². The van der Waals surface area contributed by atoms with Crippen molar-refractivity contribution in [2.45, 2.75) is 52.5 Å². The van der Waals surface area contributed by atoms with Gasteiger partial charge >= 0.3 is 0 Å². The Morgan fingerprint density at radius 3 is 2.56 bits per heavy atom. The van der Waals surface area contributed by atoms with Crippen molar-refractivity contribution in [3.05, 3.63) is 0 Å². The molecule has 1 aliphatic heterocycles. The fraction of sp³-hybridized carbons (Fsp3) is 1.00. The van der Waals surface area contributed by atoms with Gasteiger partial charge < -0.3 is 5.32 Å². The van der Waals surface area contributed by atoms with E-state index < -0.39 is 0 Å². The van der Waals surface area contributed by atoms with Gasteiger partial charge in [-0.3, -0.25) is 9.80 Å². The van der Waals surface area contributed by atoms with Crippen molar-refractivity contribution in [3.63, 3.8) is 0 Å². The normalized spacial score (nSPS) is 22.5. The molecule has 3 heteroatoms. The van der Waals surface area contributed by atoms with E-state index in [9.17, 15) is 0 Å². The lowest BCUT2D eigenvalue weighted by molar-refractivity contribution is 0.0888. The lowest BCUT2D eigenvalue weighted by Gasteiger charge is -2.39. The Balaban J connectivity index is 1.97. The Labute approximate surface area is 114 Å². The number of piperazine rings is 1. The van der Waals surface area contributed by atoms with Gasteiger partial charge in [-0.15, -0.1) is 0 Å². The number of rotatable bonds is 9. The molecule has 1 unspecified atom stereocenters. The van der Waals surface area contributed by atoms with Gasteiger partial charge in [0.2, 0.25) is 0 Å². The number of hydrogen-bond donors (Lipinski definition) is 1. The van der Waals surface area contributed by atoms with Gasteiger partial charge in [0.15, 0.2) is 0 Å². The Bertz CT molecular complexity index is 196. The summed E-state index contributed by atoms with van der Waals surface area (Å²) in [6.07, 6.45) is 5.45. The van der Waals surface area contributed by atoms with Crippen LogP contribution in [0, 0.1) is 0 Å². The molecule has 0 saturated carbocycles. The number of hydrogen-bond acceptors (Lipinski definition) is 3. The standard InChI is InChI=1S/C15H33N3/c1-4-6-7-8-9-16-10-11-17-12-13-18(5-2)15(3)14-17/h15-16H,4-14H2,1-3H3. The van der Waals surface area contributed by atoms with Crippen molar-refractivity contribution in [2.24, 2.45) is 0 Å². The van der Waals surface area contributed by atoms with Gasteiger partial charge in [0, 0.05) is 38.8 Å². The first kappa shape index (κ1) is 15.9. The average Bonchev–Trinajstić information content (AvgIpc) is 2.38. The van der Waals surface area contributed by atoms with Crippen LogP contribution >= 0.6 is 0 Å². The van der Waals surface area contributed by atoms with Crippen molar-refractivity contribution in [1.29, 1.82) is 0 Å². The molecule has 0 radical (unpaired) electrons. The smallest absolute Gasteiger partial charge is 0.0195 e. The Morgan fingerprint density at radius 1 is 1.06 bits per heavy atom. The van der Waals surface area contributed by atoms with Gasteiger partial charge in [-0.25, -0.2) is 0 Å². The molecule has 1 fully saturated rings. The zero-order chi connectivity index (χ0) is 13.2. The second-order valence-corrected chi connectivity index (χ2v) is 5.59. The van der Waals surface area contributed by atoms with Gasteiger partial charge in [0.05, 0.1) is 0 Å². The molecule has 0 amide bonds. The first-order valence-corrected chi connectivity index (χ1v) is 7.95. The third-order valence-corrected chi connectivity index (χ3v) is 4.07. The minimum absolute atomic E-state index is 0.730. The molecular weight excluding hydrogens is 222 g/mol. The van der Waals surface area contributed by atoms with Gasteiger partial charge in [-0.1, -0.05) is 33.1 Å². The summed E-state index contributed by atoms with van der Waals surface area (Å²) in [4.78, 5) is 5.19. The van der Waals surface area contributed by atoms with Crippen LogP contribution in [0.2, 0.25) is 0 Å². The summed E-state index contributed by atoms with van der Waals surface area (Å²) >= 11 is 0. The summed E-state index contributed by atoms with van der Waals surface area (Å²) in [6, 6.07) is 0.730. The van der Waals surface area contributed by atoms with Crippen molar-refractivity contribution in [1.82, 2.24) is 15.1 Å². The molecular formula is C15H33N3. The van der Waals surface area contributed by atoms with Crippen molar-refractivity contribution in [3.8, 4) is 0 Å². The summed E-state index contributed by atoms with van der Waals surface area (Å²) in [6.45, 7) is 15.4. The summed E-state index contributed by atoms with van der Waals surface area (Å²) in [5.41, 5.74) is 0. The molecule has 0 aromatic heterocycles. The SMILES string of the molecule is CCCCCCNCCN1CCN(CC)C(C)C1. The van der Waals surface area contributed by atoms with Crippen LogP contribution in [0.25, 0.3) is 0 Å². The number of unbranched alkanes of at least 4 members (excludes halogenated alkanes) is 3. The molecule has 1 N–H and O–H groups in total. The number of nitrogens with one attached hydrogen (secondary N) is 1. The summed E-state index contributed by atoms with van der Waals surface area (Å²) in [5, 5.41) is 3.58. The second-order valence-electron chi connectivity index (χ2n) is 5.59. The fourth-order valence-electron chi connectivity index (χ4n) is 2.78. The van der Waals surface area contributed by atoms with E-state index in [1.807, 2.05) is 0 Å². The van der Waals surface area contributed by atoms with Crippen LogP contribution in [0.1, 0.15) is 46.5 Å². The molecule has 0 bridgehead atoms. The molecule has 0 aliphatic carbocycles. The molecule has 1 heterocycles. The molecule has 0 spiro atoms. The van der Waals surface area contributed by atoms with Crippen LogP contribution in [-0.2, 0) is 0 Å². The van der Waals surface area contributed by atoms with Crippen molar-refractivity contribution in [2.75, 3.05) is 45.8 Å². The predicted molar refractivity (Wildman–Crippen MR) is 80.2 cm³/mol. The van der Waals surface area contributed by atoms with Crippen LogP contribution < -0.4 is 5.32 Å². The molecule has 1 atom stereocenters. The molecule has 0 aromatic rings. The van der Waals surface area contributed by atoms with E-state index >= 15 is 0 Å². The van der Waals surface area contributed by atoms with E-state index in [-0.39, 0.29) is 0 Å². The van der Waals surface area contributed by atoms with Crippen molar-refractivity contribution >= 4 is 0 Å². The largest absolute Gasteiger partial charge is 0.315 e. The summed E-state index contributed by atoms with van der Waals surface area (Å²) in [7, 11) is 0. The molecule has 3 nitrogen and oxygen atoms in total. The molecule has 1 rings (SSSR count). The van der Waals surface area contributed by atoms with Crippen LogP contribution in [-0.4, -0.2) is 61.7 Å². The highest BCUT2D eigenvalue weighted by Crippen LogP contribution is 2.07. The fourth-order valence-corrected chi connectivity index (χ4v) is 2.78. The molecule has 18 heavy (non-hydrogen) atoms. The van der Waals surface area contributed by atoms with Crippen LogP contribution in [0.3, 0.4) is 0 Å². The third kappa shape index (κ3) is 6.17. The summed E-state index contributed by atoms with van der Waals surface area (Å²) in [5.74, 6) is 0. The van der Waals surface area contributed by atoms with E-state index in [1.165, 1.54) is 65.0 Å². The lowest BCUT2D eigenvalue weighted by Crippen LogP contribution is -2.52. The van der Waals surface area contributed by atoms with Gasteiger partial charge in [-0.2, -0.15) is 0 Å². The van der Waals surface area contributed by atoms with Crippen LogP contribution in [0.4, 0.5) is 0 Å². The number of likely N-dealkylation sites (N-methyl/N-ethyl adjacent to an activating group) is 1.